The number of aromatic nitrogens is 6. The molecular weight excluding hydrogens is 470 g/mol. The van der Waals surface area contributed by atoms with Gasteiger partial charge in [0.2, 0.25) is 5.91 Å². The second-order valence-corrected chi connectivity index (χ2v) is 7.66. The molecule has 35 heavy (non-hydrogen) atoms. The van der Waals surface area contributed by atoms with Crippen molar-refractivity contribution < 1.29 is 22.4 Å². The van der Waals surface area contributed by atoms with Gasteiger partial charge in [0, 0.05) is 12.8 Å². The second-order valence-electron chi connectivity index (χ2n) is 7.66. The number of alkyl halides is 3. The smallest absolute Gasteiger partial charge is 0.310 e. The highest BCUT2D eigenvalue weighted by Gasteiger charge is 2.28. The number of anilines is 1. The minimum atomic E-state index is -4.40. The van der Waals surface area contributed by atoms with Gasteiger partial charge in [0.05, 0.1) is 23.9 Å². The van der Waals surface area contributed by atoms with Crippen LogP contribution in [0.3, 0.4) is 0 Å². The van der Waals surface area contributed by atoms with Gasteiger partial charge in [0.1, 0.15) is 23.7 Å². The number of aromatic amines is 1. The molecule has 0 atom stereocenters. The summed E-state index contributed by atoms with van der Waals surface area (Å²) >= 11 is 0. The van der Waals surface area contributed by atoms with E-state index < -0.39 is 36.3 Å². The number of carbonyl (C=O) groups excluding carboxylic acids is 1. The Labute approximate surface area is 195 Å². The van der Waals surface area contributed by atoms with Crippen LogP contribution in [0.25, 0.3) is 17.2 Å². The number of benzene rings is 1. The Morgan fingerprint density at radius 2 is 1.91 bits per heavy atom. The lowest BCUT2D eigenvalue weighted by atomic mass is 10.1. The molecule has 0 spiro atoms. The van der Waals surface area contributed by atoms with Crippen molar-refractivity contribution in [3.8, 4) is 11.5 Å². The number of hydrogen-bond acceptors (Lipinski definition) is 6. The van der Waals surface area contributed by atoms with Crippen molar-refractivity contribution in [1.29, 1.82) is 0 Å². The van der Waals surface area contributed by atoms with E-state index in [9.17, 15) is 27.2 Å². The Kier molecular flexibility index (Phi) is 6.58. The number of halogens is 4. The fourth-order valence-electron chi connectivity index (χ4n) is 3.45. The van der Waals surface area contributed by atoms with E-state index in [4.69, 9.17) is 0 Å². The molecule has 1 aromatic carbocycles. The summed E-state index contributed by atoms with van der Waals surface area (Å²) < 4.78 is 52.7. The summed E-state index contributed by atoms with van der Waals surface area (Å²) in [5.74, 6) is -0.985. The molecule has 0 aliphatic heterocycles. The Morgan fingerprint density at radius 1 is 1.17 bits per heavy atom. The van der Waals surface area contributed by atoms with Crippen LogP contribution in [0.1, 0.15) is 30.2 Å². The number of nitrogens with one attached hydrogen (secondary N) is 2. The highest BCUT2D eigenvalue weighted by atomic mass is 19.4. The first kappa shape index (κ1) is 24.0. The van der Waals surface area contributed by atoms with Crippen LogP contribution in [0.5, 0.6) is 0 Å². The van der Waals surface area contributed by atoms with E-state index in [-0.39, 0.29) is 47.1 Å². The Bertz CT molecular complexity index is 1430. The van der Waals surface area contributed by atoms with E-state index in [1.54, 1.807) is 6.92 Å². The molecule has 9 nitrogen and oxygen atoms in total. The van der Waals surface area contributed by atoms with Gasteiger partial charge in [-0.25, -0.2) is 23.9 Å². The first-order valence-electron chi connectivity index (χ1n) is 10.6. The summed E-state index contributed by atoms with van der Waals surface area (Å²) in [4.78, 5) is 40.3. The van der Waals surface area contributed by atoms with Gasteiger partial charge in [-0.15, -0.1) is 0 Å². The molecule has 13 heteroatoms. The van der Waals surface area contributed by atoms with Crippen LogP contribution in [-0.2, 0) is 24.1 Å². The van der Waals surface area contributed by atoms with Gasteiger partial charge in [-0.3, -0.25) is 9.59 Å². The van der Waals surface area contributed by atoms with Crippen LogP contribution in [-0.4, -0.2) is 41.6 Å². The summed E-state index contributed by atoms with van der Waals surface area (Å²) in [6, 6.07) is 5.38. The van der Waals surface area contributed by atoms with Crippen molar-refractivity contribution in [3.63, 3.8) is 0 Å². The van der Waals surface area contributed by atoms with Gasteiger partial charge < -0.3 is 10.3 Å². The minimum Gasteiger partial charge on any atom is -0.310 e. The lowest BCUT2D eigenvalue weighted by molar-refractivity contribution is -0.134. The molecule has 0 aliphatic carbocycles. The largest absolute Gasteiger partial charge is 0.389 e. The number of rotatable bonds is 7. The van der Waals surface area contributed by atoms with Crippen LogP contribution in [0.15, 0.2) is 41.6 Å². The average Bonchev–Trinajstić information content (AvgIpc) is 3.27. The summed E-state index contributed by atoms with van der Waals surface area (Å²) in [5.41, 5.74) is 0.459. The van der Waals surface area contributed by atoms with Gasteiger partial charge in [-0.05, 0) is 24.1 Å². The number of nitrogens with zero attached hydrogens (tertiary/aromatic N) is 5. The van der Waals surface area contributed by atoms with E-state index in [0.29, 0.717) is 5.56 Å². The molecule has 3 heterocycles. The normalized spacial score (nSPS) is 11.7. The molecule has 0 aliphatic rings. The molecule has 0 saturated heterocycles. The van der Waals surface area contributed by atoms with E-state index in [1.165, 1.54) is 41.3 Å². The number of carbonyl (C=O) groups is 1. The predicted octanol–water partition coefficient (Wildman–Crippen LogP) is 3.25. The van der Waals surface area contributed by atoms with Crippen molar-refractivity contribution >= 4 is 17.4 Å². The van der Waals surface area contributed by atoms with Gasteiger partial charge >= 0.3 is 6.18 Å². The van der Waals surface area contributed by atoms with Crippen molar-refractivity contribution in [2.24, 2.45) is 0 Å². The third-order valence-corrected chi connectivity index (χ3v) is 5.12. The monoisotopic (exact) mass is 489 g/mol. The zero-order valence-corrected chi connectivity index (χ0v) is 18.4. The predicted molar refractivity (Wildman–Crippen MR) is 117 cm³/mol. The van der Waals surface area contributed by atoms with Crippen LogP contribution in [0, 0.1) is 5.82 Å². The molecule has 0 fully saturated rings. The quantitative estimate of drug-likeness (QED) is 0.385. The molecule has 4 rings (SSSR count). The van der Waals surface area contributed by atoms with Crippen LogP contribution in [0.2, 0.25) is 0 Å². The van der Waals surface area contributed by atoms with Gasteiger partial charge in [0.15, 0.2) is 11.5 Å². The summed E-state index contributed by atoms with van der Waals surface area (Å²) in [7, 11) is 0. The lowest BCUT2D eigenvalue weighted by Crippen LogP contribution is -2.23. The number of hydrogen-bond donors (Lipinski definition) is 2. The maximum atomic E-state index is 13.1. The van der Waals surface area contributed by atoms with E-state index in [2.05, 4.69) is 30.4 Å². The summed E-state index contributed by atoms with van der Waals surface area (Å²) in [5, 5.41) is 6.55. The molecule has 182 valence electrons. The minimum absolute atomic E-state index is 0.00399. The van der Waals surface area contributed by atoms with Crippen molar-refractivity contribution in [2.75, 3.05) is 5.32 Å². The highest BCUT2D eigenvalue weighted by Crippen LogP contribution is 2.24. The van der Waals surface area contributed by atoms with Crippen LogP contribution in [0.4, 0.5) is 23.4 Å². The summed E-state index contributed by atoms with van der Waals surface area (Å²) in [6.07, 6.45) is -3.25. The topological polar surface area (TPSA) is 118 Å². The Balaban J connectivity index is 1.68. The van der Waals surface area contributed by atoms with Crippen molar-refractivity contribution in [1.82, 2.24) is 29.5 Å². The van der Waals surface area contributed by atoms with E-state index in [0.717, 1.165) is 0 Å². The first-order valence-corrected chi connectivity index (χ1v) is 10.6. The summed E-state index contributed by atoms with van der Waals surface area (Å²) in [6.45, 7) is 1.70. The fourth-order valence-corrected chi connectivity index (χ4v) is 3.45. The molecule has 0 saturated carbocycles. The third kappa shape index (κ3) is 5.67. The maximum Gasteiger partial charge on any atom is 0.389 e. The first-order chi connectivity index (χ1) is 16.6. The molecule has 4 aromatic rings. The third-order valence-electron chi connectivity index (χ3n) is 5.12. The molecule has 2 N–H and O–H groups in total. The zero-order valence-electron chi connectivity index (χ0n) is 18.4. The number of aryl methyl sites for hydroxylation is 1. The number of amides is 1. The van der Waals surface area contributed by atoms with E-state index >= 15 is 0 Å². The number of fused-ring (bicyclic) bond motifs is 1. The maximum absolute atomic E-state index is 13.1. The molecule has 0 unspecified atom stereocenters. The van der Waals surface area contributed by atoms with Crippen molar-refractivity contribution in [2.45, 2.75) is 38.8 Å². The van der Waals surface area contributed by atoms with Gasteiger partial charge in [0.25, 0.3) is 5.56 Å². The molecule has 3 aromatic heterocycles. The number of H-pyrrole nitrogens is 1. The molecule has 0 radical (unpaired) electrons. The van der Waals surface area contributed by atoms with Gasteiger partial charge in [-0.2, -0.15) is 18.3 Å². The Hall–Kier alpha value is -4.16. The molecule has 0 bridgehead atoms. The lowest BCUT2D eigenvalue weighted by Gasteiger charge is -2.12. The van der Waals surface area contributed by atoms with E-state index in [1.807, 2.05) is 0 Å². The standard InChI is InChI=1S/C22H19F4N7O2/c1-2-14-18(30-17(34)9-12-3-5-13(23)6-4-12)31-19(32-21(14)35)16-10-33-20(27-11-28-33)15(29-16)7-8-22(24,25)26/h3-6,10-11H,2,7-9H2,1H3,(H2,30,31,32,34,35). The Morgan fingerprint density at radius 3 is 2.60 bits per heavy atom. The molecule has 1 amide bonds. The van der Waals surface area contributed by atoms with Crippen LogP contribution >= 0.6 is 0 Å². The average molecular weight is 489 g/mol. The van der Waals surface area contributed by atoms with Crippen molar-refractivity contribution in [3.05, 3.63) is 69.8 Å². The fraction of sp³-hybridized carbons (Fsp3) is 0.273. The van der Waals surface area contributed by atoms with Crippen LogP contribution < -0.4 is 10.9 Å². The molecular formula is C22H19F4N7O2. The van der Waals surface area contributed by atoms with Gasteiger partial charge in [-0.1, -0.05) is 19.1 Å². The SMILES string of the molecule is CCc1c(NC(=O)Cc2ccc(F)cc2)nc(-c2cn3ncnc3c(CCC(F)(F)F)n2)[nH]c1=O. The highest BCUT2D eigenvalue weighted by molar-refractivity contribution is 5.92. The zero-order chi connectivity index (χ0) is 25.2. The second kappa shape index (κ2) is 9.60.